The molecule has 0 aromatic heterocycles. The minimum absolute atomic E-state index is 0. The van der Waals surface area contributed by atoms with Crippen LogP contribution in [0.1, 0.15) is 10.4 Å². The van der Waals surface area contributed by atoms with E-state index in [0.717, 1.165) is 12.1 Å². The van der Waals surface area contributed by atoms with Crippen molar-refractivity contribution in [1.82, 2.24) is 0 Å². The van der Waals surface area contributed by atoms with Crippen LogP contribution >= 0.6 is 0 Å². The minimum Gasteiger partial charge on any atom is -0.478 e. The van der Waals surface area contributed by atoms with E-state index in [9.17, 15) is 13.2 Å². The van der Waals surface area contributed by atoms with Crippen molar-refractivity contribution >= 4 is 34.9 Å². The molecule has 1 aromatic carbocycles. The average Bonchev–Trinajstić information content (AvgIpc) is 2.03. The van der Waals surface area contributed by atoms with Crippen LogP contribution in [-0.2, 0) is 10.1 Å². The van der Waals surface area contributed by atoms with Crippen molar-refractivity contribution in [3.63, 3.8) is 0 Å². The molecule has 71 valence electrons. The molecule has 0 unspecified atom stereocenters. The molecule has 1 rings (SSSR count). The van der Waals surface area contributed by atoms with Gasteiger partial charge in [0.05, 0.1) is 5.56 Å². The fourth-order valence-electron chi connectivity index (χ4n) is 0.868. The number of benzene rings is 1. The normalized spacial score (nSPS) is 10.4. The summed E-state index contributed by atoms with van der Waals surface area (Å²) in [4.78, 5) is 9.90. The molecule has 1 radical (unpaired) electrons. The van der Waals surface area contributed by atoms with Crippen LogP contribution in [-0.4, -0.2) is 42.9 Å². The fraction of sp³-hybridized carbons (Fsp3) is 0. The summed E-state index contributed by atoms with van der Waals surface area (Å²) in [5.74, 6) is -1.40. The van der Waals surface area contributed by atoms with Gasteiger partial charge in [-0.3, -0.25) is 4.55 Å². The van der Waals surface area contributed by atoms with Crippen LogP contribution in [0.4, 0.5) is 0 Å². The second kappa shape index (κ2) is 4.62. The Kier molecular flexibility index (Phi) is 4.35. The second-order valence-corrected chi connectivity index (χ2v) is 3.67. The number of rotatable bonds is 2. The van der Waals surface area contributed by atoms with Gasteiger partial charge in [-0.1, -0.05) is 12.1 Å². The van der Waals surface area contributed by atoms with Crippen molar-refractivity contribution in [3.8, 4) is 0 Å². The van der Waals surface area contributed by atoms with Gasteiger partial charge in [-0.15, -0.1) is 0 Å². The number of carboxylic acid groups (broad SMARTS) is 1. The SMILES string of the molecule is O=C(O)c1ccccc1S(=O)(=O)O.[Li]. The third-order valence-electron chi connectivity index (χ3n) is 1.40. The van der Waals surface area contributed by atoms with E-state index in [0.29, 0.717) is 0 Å². The zero-order chi connectivity index (χ0) is 10.1. The Labute approximate surface area is 92.7 Å². The van der Waals surface area contributed by atoms with Crippen LogP contribution in [0.5, 0.6) is 0 Å². The van der Waals surface area contributed by atoms with Crippen molar-refractivity contribution in [3.05, 3.63) is 29.8 Å². The standard InChI is InChI=1S/C7H6O5S.Li/c8-7(9)5-3-1-2-4-6(5)13(10,11)12;/h1-4H,(H,8,9)(H,10,11,12);. The first-order valence-corrected chi connectivity index (χ1v) is 4.67. The van der Waals surface area contributed by atoms with E-state index in [1.54, 1.807) is 0 Å². The van der Waals surface area contributed by atoms with Crippen LogP contribution < -0.4 is 0 Å². The third-order valence-corrected chi connectivity index (χ3v) is 2.31. The Morgan fingerprint density at radius 1 is 1.21 bits per heavy atom. The molecule has 0 saturated carbocycles. The molecule has 0 aliphatic rings. The molecule has 1 aromatic rings. The maximum Gasteiger partial charge on any atom is 0.337 e. The fourth-order valence-corrected chi connectivity index (χ4v) is 1.55. The first-order chi connectivity index (χ1) is 5.93. The molecule has 5 nitrogen and oxygen atoms in total. The van der Waals surface area contributed by atoms with E-state index >= 15 is 0 Å². The van der Waals surface area contributed by atoms with Crippen molar-refractivity contribution < 1.29 is 22.9 Å². The Morgan fingerprint density at radius 2 is 1.71 bits per heavy atom. The van der Waals surface area contributed by atoms with Gasteiger partial charge in [0.15, 0.2) is 0 Å². The summed E-state index contributed by atoms with van der Waals surface area (Å²) in [5.41, 5.74) is -0.440. The van der Waals surface area contributed by atoms with Gasteiger partial charge >= 0.3 is 5.97 Å². The van der Waals surface area contributed by atoms with E-state index in [-0.39, 0.29) is 18.9 Å². The molecule has 0 bridgehead atoms. The molecule has 0 atom stereocenters. The summed E-state index contributed by atoms with van der Waals surface area (Å²) < 4.78 is 29.9. The number of hydrogen-bond donors (Lipinski definition) is 2. The van der Waals surface area contributed by atoms with Crippen molar-refractivity contribution in [2.75, 3.05) is 0 Å². The van der Waals surface area contributed by atoms with Crippen molar-refractivity contribution in [2.45, 2.75) is 4.90 Å². The molecular formula is C7H6LiO5S. The minimum atomic E-state index is -4.46. The zero-order valence-electron chi connectivity index (χ0n) is 7.34. The van der Waals surface area contributed by atoms with Crippen LogP contribution in [0, 0.1) is 0 Å². The first-order valence-electron chi connectivity index (χ1n) is 3.23. The predicted octanol–water partition coefficient (Wildman–Crippen LogP) is 0.251. The number of aromatic carboxylic acids is 1. The molecule has 0 spiro atoms. The van der Waals surface area contributed by atoms with E-state index in [2.05, 4.69) is 0 Å². The van der Waals surface area contributed by atoms with E-state index in [1.807, 2.05) is 0 Å². The summed E-state index contributed by atoms with van der Waals surface area (Å²) in [6.07, 6.45) is 0. The molecule has 0 aliphatic heterocycles. The topological polar surface area (TPSA) is 91.7 Å². The van der Waals surface area contributed by atoms with Crippen LogP contribution in [0.3, 0.4) is 0 Å². The van der Waals surface area contributed by atoms with Crippen molar-refractivity contribution in [1.29, 1.82) is 0 Å². The Morgan fingerprint density at radius 3 is 2.07 bits per heavy atom. The Bertz CT molecular complexity index is 439. The van der Waals surface area contributed by atoms with Crippen LogP contribution in [0.15, 0.2) is 29.2 Å². The molecule has 0 heterocycles. The maximum absolute atomic E-state index is 10.7. The first kappa shape index (κ1) is 13.2. The van der Waals surface area contributed by atoms with Crippen LogP contribution in [0.2, 0.25) is 0 Å². The molecule has 14 heavy (non-hydrogen) atoms. The van der Waals surface area contributed by atoms with E-state index in [1.165, 1.54) is 12.1 Å². The largest absolute Gasteiger partial charge is 0.478 e. The smallest absolute Gasteiger partial charge is 0.337 e. The molecule has 0 amide bonds. The summed E-state index contributed by atoms with van der Waals surface area (Å²) in [7, 11) is -4.46. The van der Waals surface area contributed by atoms with Crippen molar-refractivity contribution in [2.24, 2.45) is 0 Å². The quantitative estimate of drug-likeness (QED) is 0.538. The summed E-state index contributed by atoms with van der Waals surface area (Å²) >= 11 is 0. The zero-order valence-corrected chi connectivity index (χ0v) is 8.15. The van der Waals surface area contributed by atoms with Gasteiger partial charge in [0.2, 0.25) is 0 Å². The average molecular weight is 209 g/mol. The van der Waals surface area contributed by atoms with Gasteiger partial charge in [-0.05, 0) is 12.1 Å². The molecule has 0 saturated heterocycles. The predicted molar refractivity (Wildman–Crippen MR) is 49.0 cm³/mol. The Balaban J connectivity index is 0.00000169. The maximum atomic E-state index is 10.7. The van der Waals surface area contributed by atoms with Gasteiger partial charge in [0.1, 0.15) is 4.90 Å². The molecular weight excluding hydrogens is 203 g/mol. The van der Waals surface area contributed by atoms with E-state index < -0.39 is 26.5 Å². The van der Waals surface area contributed by atoms with Gasteiger partial charge in [0.25, 0.3) is 10.1 Å². The van der Waals surface area contributed by atoms with Crippen LogP contribution in [0.25, 0.3) is 0 Å². The van der Waals surface area contributed by atoms with Gasteiger partial charge in [-0.25, -0.2) is 4.79 Å². The number of carboxylic acids is 1. The third kappa shape index (κ3) is 2.85. The molecule has 0 fully saturated rings. The van der Waals surface area contributed by atoms with Gasteiger partial charge < -0.3 is 5.11 Å². The number of carbonyl (C=O) groups is 1. The monoisotopic (exact) mass is 209 g/mol. The molecule has 7 heteroatoms. The summed E-state index contributed by atoms with van der Waals surface area (Å²) in [6.45, 7) is 0. The summed E-state index contributed by atoms with van der Waals surface area (Å²) in [6, 6.07) is 4.83. The molecule has 2 N–H and O–H groups in total. The number of hydrogen-bond acceptors (Lipinski definition) is 3. The molecule has 0 aliphatic carbocycles. The Hall–Kier alpha value is -0.803. The second-order valence-electron chi connectivity index (χ2n) is 2.28. The summed E-state index contributed by atoms with van der Waals surface area (Å²) in [5, 5.41) is 8.55. The van der Waals surface area contributed by atoms with Gasteiger partial charge in [-0.2, -0.15) is 8.42 Å². The van der Waals surface area contributed by atoms with E-state index in [4.69, 9.17) is 9.66 Å². The van der Waals surface area contributed by atoms with Gasteiger partial charge in [0, 0.05) is 18.9 Å².